The van der Waals surface area contributed by atoms with Crippen molar-refractivity contribution in [2.45, 2.75) is 70.7 Å². The Bertz CT molecular complexity index is 2390. The van der Waals surface area contributed by atoms with Gasteiger partial charge in [-0.15, -0.1) is 11.8 Å². The van der Waals surface area contributed by atoms with E-state index in [2.05, 4.69) is 162 Å². The van der Waals surface area contributed by atoms with Crippen LogP contribution in [0.25, 0.3) is 33.8 Å². The molecule has 4 aromatic rings. The molecule has 3 aromatic carbocycles. The van der Waals surface area contributed by atoms with Crippen LogP contribution >= 0.6 is 23.5 Å². The molecule has 6 atom stereocenters. The minimum absolute atomic E-state index is 0.229. The molecule has 52 heavy (non-hydrogen) atoms. The predicted octanol–water partition coefficient (Wildman–Crippen LogP) is 12.9. The topological polar surface area (TPSA) is 4.93 Å². The summed E-state index contributed by atoms with van der Waals surface area (Å²) in [7, 11) is 0. The molecule has 6 unspecified atom stereocenters. The van der Waals surface area contributed by atoms with Gasteiger partial charge in [-0.05, 0) is 103 Å². The van der Waals surface area contributed by atoms with Crippen LogP contribution in [0.15, 0.2) is 155 Å². The van der Waals surface area contributed by atoms with E-state index in [9.17, 15) is 0 Å². The molecule has 11 rings (SSSR count). The minimum Gasteiger partial charge on any atom is -0.317 e. The van der Waals surface area contributed by atoms with Crippen LogP contribution in [0.1, 0.15) is 60.9 Å². The van der Waals surface area contributed by atoms with Gasteiger partial charge >= 0.3 is 0 Å². The van der Waals surface area contributed by atoms with Crippen LogP contribution in [-0.4, -0.2) is 15.1 Å². The molecule has 0 saturated carbocycles. The van der Waals surface area contributed by atoms with Gasteiger partial charge in [0.25, 0.3) is 0 Å². The molecule has 0 radical (unpaired) electrons. The molecule has 256 valence electrons. The first-order chi connectivity index (χ1) is 25.8. The zero-order valence-electron chi connectivity index (χ0n) is 29.5. The number of hydrogen-bond acceptors (Lipinski definition) is 2. The van der Waals surface area contributed by atoms with E-state index in [1.54, 1.807) is 11.1 Å². The van der Waals surface area contributed by atoms with Gasteiger partial charge in [-0.2, -0.15) is 0 Å². The minimum atomic E-state index is -0.229. The maximum atomic E-state index is 2.78. The van der Waals surface area contributed by atoms with E-state index in [-0.39, 0.29) is 5.41 Å². The second-order valence-corrected chi connectivity index (χ2v) is 17.9. The van der Waals surface area contributed by atoms with Crippen LogP contribution in [0.4, 0.5) is 0 Å². The molecule has 3 heterocycles. The third-order valence-corrected chi connectivity index (χ3v) is 15.6. The first kappa shape index (κ1) is 31.4. The van der Waals surface area contributed by atoms with Crippen LogP contribution in [0.3, 0.4) is 0 Å². The quantitative estimate of drug-likeness (QED) is 0.195. The molecule has 1 spiro atoms. The van der Waals surface area contributed by atoms with E-state index in [1.807, 2.05) is 11.8 Å². The van der Waals surface area contributed by atoms with Gasteiger partial charge in [0.05, 0.1) is 5.52 Å². The van der Waals surface area contributed by atoms with E-state index in [4.69, 9.17) is 0 Å². The average Bonchev–Trinajstić information content (AvgIpc) is 3.56. The number of rotatable bonds is 3. The van der Waals surface area contributed by atoms with Gasteiger partial charge in [-0.25, -0.2) is 0 Å². The van der Waals surface area contributed by atoms with Crippen molar-refractivity contribution in [1.82, 2.24) is 4.57 Å². The van der Waals surface area contributed by atoms with Crippen molar-refractivity contribution in [3.63, 3.8) is 0 Å². The lowest BCUT2D eigenvalue weighted by Gasteiger charge is -2.58. The smallest absolute Gasteiger partial charge is 0.0540 e. The number of fused-ring (bicyclic) bond motifs is 11. The Labute approximate surface area is 316 Å². The third kappa shape index (κ3) is 4.58. The number of hydrogen-bond donors (Lipinski definition) is 0. The van der Waals surface area contributed by atoms with Crippen molar-refractivity contribution in [2.24, 2.45) is 17.8 Å². The fourth-order valence-corrected chi connectivity index (χ4v) is 13.7. The molecule has 0 amide bonds. The molecule has 1 saturated heterocycles. The fourth-order valence-electron chi connectivity index (χ4n) is 10.8. The Morgan fingerprint density at radius 3 is 2.48 bits per heavy atom. The number of allylic oxidation sites excluding steroid dienone is 13. The van der Waals surface area contributed by atoms with E-state index < -0.39 is 0 Å². The van der Waals surface area contributed by atoms with Crippen LogP contribution < -0.4 is 0 Å². The summed E-state index contributed by atoms with van der Waals surface area (Å²) >= 11 is 4.19. The van der Waals surface area contributed by atoms with Crippen LogP contribution in [0.5, 0.6) is 0 Å². The maximum Gasteiger partial charge on any atom is 0.0540 e. The van der Waals surface area contributed by atoms with Crippen LogP contribution in [0.2, 0.25) is 0 Å². The number of aromatic nitrogens is 1. The molecule has 0 bridgehead atoms. The largest absolute Gasteiger partial charge is 0.317 e. The Morgan fingerprint density at radius 1 is 0.692 bits per heavy atom. The molecular formula is C49H43NS2. The molecule has 2 aliphatic heterocycles. The van der Waals surface area contributed by atoms with E-state index in [0.717, 1.165) is 32.1 Å². The first-order valence-corrected chi connectivity index (χ1v) is 21.2. The van der Waals surface area contributed by atoms with E-state index >= 15 is 0 Å². The highest BCUT2D eigenvalue weighted by atomic mass is 32.2. The Morgan fingerprint density at radius 2 is 1.56 bits per heavy atom. The number of benzene rings is 3. The summed E-state index contributed by atoms with van der Waals surface area (Å²) in [6.45, 7) is 0. The standard InChI is InChI=1S/C49H43NS2/c1-3-15-32(16-4-1)33-29-30-45-40(31-33)49(38-22-8-11-26-43(38)51-45)39-23-9-12-27-44(39)52-46-28-14-21-36(48(46)49)35-20-13-25-42-47(35)37-19-7-10-24-41(37)50(42)34-17-5-2-6-18-34/h1-3,5,7-9,11-14,17,19-23,25-32,38,40,43,45H,4,6,10,15-16,18,24H2. The third-order valence-electron chi connectivity index (χ3n) is 12.9. The molecular weight excluding hydrogens is 667 g/mol. The van der Waals surface area contributed by atoms with Gasteiger partial charge in [0.1, 0.15) is 0 Å². The van der Waals surface area contributed by atoms with Gasteiger partial charge in [0.2, 0.25) is 0 Å². The summed E-state index contributed by atoms with van der Waals surface area (Å²) in [5.74, 6) is 1.26. The molecule has 0 N–H and O–H groups in total. The molecule has 1 aromatic heterocycles. The van der Waals surface area contributed by atoms with E-state index in [0.29, 0.717) is 28.3 Å². The van der Waals surface area contributed by atoms with Gasteiger partial charge in [-0.3, -0.25) is 0 Å². The monoisotopic (exact) mass is 709 g/mol. The van der Waals surface area contributed by atoms with Crippen LogP contribution in [-0.2, 0) is 11.8 Å². The zero-order chi connectivity index (χ0) is 34.2. The summed E-state index contributed by atoms with van der Waals surface area (Å²) < 4.78 is 2.63. The fraction of sp³-hybridized carbons (Fsp3) is 0.265. The first-order valence-electron chi connectivity index (χ1n) is 19.5. The SMILES string of the molecule is C1=CCCC(n2c3c(c4c(-c5cccc6c5C5(c7ccccc7S6)C6C=CC=CC6SC6C=CC(C7CC=CCC7)=CC65)cccc42)C=CCC3)=C1. The van der Waals surface area contributed by atoms with Crippen molar-refractivity contribution >= 4 is 46.2 Å². The Balaban J connectivity index is 1.22. The lowest BCUT2D eigenvalue weighted by molar-refractivity contribution is 0.272. The highest BCUT2D eigenvalue weighted by molar-refractivity contribution is 8.01. The van der Waals surface area contributed by atoms with Gasteiger partial charge in [0, 0.05) is 59.9 Å². The molecule has 3 heteroatoms. The van der Waals surface area contributed by atoms with Crippen molar-refractivity contribution in [2.75, 3.05) is 0 Å². The zero-order valence-corrected chi connectivity index (χ0v) is 31.1. The van der Waals surface area contributed by atoms with Crippen molar-refractivity contribution in [3.05, 3.63) is 168 Å². The molecule has 1 fully saturated rings. The van der Waals surface area contributed by atoms with Gasteiger partial charge < -0.3 is 4.57 Å². The summed E-state index contributed by atoms with van der Waals surface area (Å²) in [5, 5.41) is 2.22. The Hall–Kier alpha value is -4.18. The summed E-state index contributed by atoms with van der Waals surface area (Å²) in [5.41, 5.74) is 12.9. The second kappa shape index (κ2) is 12.5. The summed E-state index contributed by atoms with van der Waals surface area (Å²) in [6, 6.07) is 23.9. The second-order valence-electron chi connectivity index (χ2n) is 15.5. The number of nitrogens with zero attached hydrogens (tertiary/aromatic N) is 1. The molecule has 1 nitrogen and oxygen atoms in total. The summed E-state index contributed by atoms with van der Waals surface area (Å²) in [6.07, 6.45) is 42.2. The van der Waals surface area contributed by atoms with Crippen molar-refractivity contribution in [1.29, 1.82) is 0 Å². The van der Waals surface area contributed by atoms with Crippen LogP contribution in [0, 0.1) is 17.8 Å². The maximum absolute atomic E-state index is 2.78. The highest BCUT2D eigenvalue weighted by Crippen LogP contribution is 2.66. The van der Waals surface area contributed by atoms with Crippen molar-refractivity contribution in [3.8, 4) is 11.1 Å². The lowest BCUT2D eigenvalue weighted by Crippen LogP contribution is -2.55. The molecule has 7 aliphatic rings. The predicted molar refractivity (Wildman–Crippen MR) is 223 cm³/mol. The van der Waals surface area contributed by atoms with Crippen molar-refractivity contribution < 1.29 is 0 Å². The Kier molecular flexibility index (Phi) is 7.51. The van der Waals surface area contributed by atoms with E-state index in [1.165, 1.54) is 67.2 Å². The average molecular weight is 710 g/mol. The van der Waals surface area contributed by atoms with Gasteiger partial charge in [-0.1, -0.05) is 133 Å². The normalized spacial score (nSPS) is 29.3. The number of thioether (sulfide) groups is 1. The highest BCUT2D eigenvalue weighted by Gasteiger charge is 2.59. The molecule has 5 aliphatic carbocycles. The van der Waals surface area contributed by atoms with Gasteiger partial charge in [0.15, 0.2) is 0 Å². The summed E-state index contributed by atoms with van der Waals surface area (Å²) in [4.78, 5) is 2.85. The lowest BCUT2D eigenvalue weighted by atomic mass is 9.53.